The summed E-state index contributed by atoms with van der Waals surface area (Å²) in [4.78, 5) is 2.56. The molecule has 1 saturated heterocycles. The molecule has 14 heavy (non-hydrogen) atoms. The lowest BCUT2D eigenvalue weighted by Crippen LogP contribution is -2.25. The van der Waals surface area contributed by atoms with Gasteiger partial charge in [0.25, 0.3) is 0 Å². The Morgan fingerprint density at radius 3 is 2.57 bits per heavy atom. The van der Waals surface area contributed by atoms with Crippen molar-refractivity contribution in [1.82, 2.24) is 10.2 Å². The van der Waals surface area contributed by atoms with Crippen LogP contribution in [0.5, 0.6) is 0 Å². The molecule has 0 aliphatic carbocycles. The topological polar surface area (TPSA) is 15.3 Å². The fraction of sp³-hybridized carbons (Fsp3) is 0.833. The second-order valence-electron chi connectivity index (χ2n) is 3.96. The smallest absolute Gasteiger partial charge is 0.00981 e. The molecular weight excluding hydrogens is 172 g/mol. The van der Waals surface area contributed by atoms with Gasteiger partial charge in [0, 0.05) is 6.42 Å². The third-order valence-corrected chi connectivity index (χ3v) is 2.70. The lowest BCUT2D eigenvalue weighted by atomic mass is 10.3. The van der Waals surface area contributed by atoms with Gasteiger partial charge in [-0.1, -0.05) is 0 Å². The molecule has 0 aromatic carbocycles. The van der Waals surface area contributed by atoms with Crippen LogP contribution in [0.3, 0.4) is 0 Å². The van der Waals surface area contributed by atoms with Crippen molar-refractivity contribution in [2.24, 2.45) is 0 Å². The molecule has 0 saturated carbocycles. The molecule has 0 aromatic rings. The Labute approximate surface area is 88.1 Å². The molecule has 1 N–H and O–H groups in total. The predicted molar refractivity (Wildman–Crippen MR) is 61.2 cm³/mol. The highest BCUT2D eigenvalue weighted by atomic mass is 15.1. The van der Waals surface area contributed by atoms with Crippen molar-refractivity contribution in [2.45, 2.75) is 32.1 Å². The Bertz CT molecular complexity index is 166. The van der Waals surface area contributed by atoms with E-state index >= 15 is 0 Å². The fourth-order valence-corrected chi connectivity index (χ4v) is 1.87. The molecule has 1 heterocycles. The molecule has 2 nitrogen and oxygen atoms in total. The van der Waals surface area contributed by atoms with Crippen LogP contribution in [0, 0.1) is 12.3 Å². The van der Waals surface area contributed by atoms with Crippen LogP contribution in [0.1, 0.15) is 32.1 Å². The first-order valence-corrected chi connectivity index (χ1v) is 5.80. The zero-order valence-electron chi connectivity index (χ0n) is 9.10. The van der Waals surface area contributed by atoms with Crippen LogP contribution in [-0.4, -0.2) is 37.6 Å². The van der Waals surface area contributed by atoms with E-state index in [9.17, 15) is 0 Å². The molecule has 0 atom stereocenters. The van der Waals surface area contributed by atoms with Gasteiger partial charge in [0.15, 0.2) is 0 Å². The van der Waals surface area contributed by atoms with Crippen molar-refractivity contribution in [3.63, 3.8) is 0 Å². The van der Waals surface area contributed by atoms with E-state index in [0.29, 0.717) is 0 Å². The highest BCUT2D eigenvalue weighted by molar-refractivity contribution is 4.83. The van der Waals surface area contributed by atoms with Crippen molar-refractivity contribution in [2.75, 3.05) is 32.7 Å². The van der Waals surface area contributed by atoms with Gasteiger partial charge in [0.1, 0.15) is 0 Å². The third-order valence-electron chi connectivity index (χ3n) is 2.70. The number of rotatable bonds is 7. The minimum absolute atomic E-state index is 0.902. The van der Waals surface area contributed by atoms with E-state index in [0.717, 1.165) is 25.9 Å². The first-order chi connectivity index (χ1) is 6.93. The molecule has 0 aromatic heterocycles. The molecule has 0 bridgehead atoms. The van der Waals surface area contributed by atoms with Crippen LogP contribution in [0.4, 0.5) is 0 Å². The van der Waals surface area contributed by atoms with Gasteiger partial charge in [0.05, 0.1) is 0 Å². The first-order valence-electron chi connectivity index (χ1n) is 5.80. The summed E-state index contributed by atoms with van der Waals surface area (Å²) in [5, 5.41) is 3.42. The molecule has 0 spiro atoms. The molecule has 80 valence electrons. The quantitative estimate of drug-likeness (QED) is 0.488. The normalized spacial score (nSPS) is 17.1. The van der Waals surface area contributed by atoms with E-state index in [1.54, 1.807) is 0 Å². The molecule has 0 unspecified atom stereocenters. The van der Waals surface area contributed by atoms with Gasteiger partial charge in [-0.3, -0.25) is 0 Å². The summed E-state index contributed by atoms with van der Waals surface area (Å²) in [7, 11) is 0. The zero-order valence-corrected chi connectivity index (χ0v) is 9.10. The number of terminal acetylenes is 1. The van der Waals surface area contributed by atoms with Crippen LogP contribution in [0.15, 0.2) is 0 Å². The maximum Gasteiger partial charge on any atom is 0.00981 e. The van der Waals surface area contributed by atoms with Crippen molar-refractivity contribution in [3.8, 4) is 12.3 Å². The van der Waals surface area contributed by atoms with Gasteiger partial charge >= 0.3 is 0 Å². The Kier molecular flexibility index (Phi) is 6.47. The second kappa shape index (κ2) is 7.84. The van der Waals surface area contributed by atoms with Gasteiger partial charge < -0.3 is 10.2 Å². The average molecular weight is 194 g/mol. The maximum atomic E-state index is 5.17. The molecule has 1 fully saturated rings. The van der Waals surface area contributed by atoms with E-state index in [1.165, 1.54) is 38.9 Å². The molecule has 0 amide bonds. The third kappa shape index (κ3) is 5.26. The Morgan fingerprint density at radius 1 is 1.14 bits per heavy atom. The van der Waals surface area contributed by atoms with Crippen LogP contribution in [-0.2, 0) is 0 Å². The SMILES string of the molecule is C#CCCCNCCCN1CCCC1. The monoisotopic (exact) mass is 194 g/mol. The summed E-state index contributed by atoms with van der Waals surface area (Å²) in [5.74, 6) is 2.66. The van der Waals surface area contributed by atoms with Gasteiger partial charge in [-0.05, 0) is 58.4 Å². The number of nitrogens with one attached hydrogen (secondary N) is 1. The predicted octanol–water partition coefficient (Wildman–Crippen LogP) is 1.48. The van der Waals surface area contributed by atoms with Crippen LogP contribution >= 0.6 is 0 Å². The Balaban J connectivity index is 1.78. The summed E-state index contributed by atoms with van der Waals surface area (Å²) in [6.07, 6.45) is 11.3. The molecule has 2 heteroatoms. The minimum Gasteiger partial charge on any atom is -0.317 e. The van der Waals surface area contributed by atoms with Crippen LogP contribution in [0.2, 0.25) is 0 Å². The van der Waals surface area contributed by atoms with Crippen molar-refractivity contribution in [3.05, 3.63) is 0 Å². The lowest BCUT2D eigenvalue weighted by Gasteiger charge is -2.14. The minimum atomic E-state index is 0.902. The highest BCUT2D eigenvalue weighted by Gasteiger charge is 2.09. The van der Waals surface area contributed by atoms with Gasteiger partial charge in [-0.15, -0.1) is 12.3 Å². The number of unbranched alkanes of at least 4 members (excludes halogenated alkanes) is 1. The largest absolute Gasteiger partial charge is 0.317 e. The van der Waals surface area contributed by atoms with E-state index in [1.807, 2.05) is 0 Å². The van der Waals surface area contributed by atoms with Crippen molar-refractivity contribution in [1.29, 1.82) is 0 Å². The average Bonchev–Trinajstić information content (AvgIpc) is 2.69. The molecule has 1 rings (SSSR count). The van der Waals surface area contributed by atoms with Crippen LogP contribution < -0.4 is 5.32 Å². The highest BCUT2D eigenvalue weighted by Crippen LogP contribution is 2.06. The van der Waals surface area contributed by atoms with E-state index in [-0.39, 0.29) is 0 Å². The number of nitrogens with zero attached hydrogens (tertiary/aromatic N) is 1. The number of hydrogen-bond acceptors (Lipinski definition) is 2. The molecule has 1 aliphatic heterocycles. The molecule has 0 radical (unpaired) electrons. The van der Waals surface area contributed by atoms with E-state index in [2.05, 4.69) is 16.1 Å². The standard InChI is InChI=1S/C12H22N2/c1-2-3-4-8-13-9-7-12-14-10-5-6-11-14/h1,13H,3-12H2. The van der Waals surface area contributed by atoms with Gasteiger partial charge in [-0.25, -0.2) is 0 Å². The van der Waals surface area contributed by atoms with Crippen molar-refractivity contribution >= 4 is 0 Å². The molecular formula is C12H22N2. The summed E-state index contributed by atoms with van der Waals surface area (Å²) >= 11 is 0. The number of likely N-dealkylation sites (tertiary alicyclic amines) is 1. The van der Waals surface area contributed by atoms with Gasteiger partial charge in [0.2, 0.25) is 0 Å². The fourth-order valence-electron chi connectivity index (χ4n) is 1.87. The Hall–Kier alpha value is -0.520. The summed E-state index contributed by atoms with van der Waals surface area (Å²) in [6, 6.07) is 0. The summed E-state index contributed by atoms with van der Waals surface area (Å²) in [6.45, 7) is 6.11. The summed E-state index contributed by atoms with van der Waals surface area (Å²) in [5.41, 5.74) is 0. The Morgan fingerprint density at radius 2 is 1.86 bits per heavy atom. The van der Waals surface area contributed by atoms with Crippen molar-refractivity contribution < 1.29 is 0 Å². The maximum absolute atomic E-state index is 5.17. The van der Waals surface area contributed by atoms with E-state index in [4.69, 9.17) is 6.42 Å². The van der Waals surface area contributed by atoms with Gasteiger partial charge in [-0.2, -0.15) is 0 Å². The number of hydrogen-bond donors (Lipinski definition) is 1. The van der Waals surface area contributed by atoms with Crippen LogP contribution in [0.25, 0.3) is 0 Å². The van der Waals surface area contributed by atoms with E-state index < -0.39 is 0 Å². The summed E-state index contributed by atoms with van der Waals surface area (Å²) < 4.78 is 0. The first kappa shape index (κ1) is 11.6. The second-order valence-corrected chi connectivity index (χ2v) is 3.96. The lowest BCUT2D eigenvalue weighted by molar-refractivity contribution is 0.331. The molecule has 1 aliphatic rings. The zero-order chi connectivity index (χ0) is 10.1.